The molecule has 1 atom stereocenters. The quantitative estimate of drug-likeness (QED) is 0.814. The smallest absolute Gasteiger partial charge is 0.342 e. The van der Waals surface area contributed by atoms with Crippen molar-refractivity contribution in [2.24, 2.45) is 0 Å². The maximum Gasteiger partial charge on any atom is 0.342 e. The van der Waals surface area contributed by atoms with Crippen LogP contribution in [0.5, 0.6) is 5.75 Å². The van der Waals surface area contributed by atoms with Crippen molar-refractivity contribution in [1.29, 1.82) is 0 Å². The van der Waals surface area contributed by atoms with Gasteiger partial charge in [-0.05, 0) is 29.8 Å². The summed E-state index contributed by atoms with van der Waals surface area (Å²) in [6.45, 7) is 1.55. The third-order valence-corrected chi connectivity index (χ3v) is 3.36. The van der Waals surface area contributed by atoms with Gasteiger partial charge in [-0.1, -0.05) is 24.3 Å². The fourth-order valence-electron chi connectivity index (χ4n) is 2.19. The lowest BCUT2D eigenvalue weighted by molar-refractivity contribution is -0.137. The fourth-order valence-corrected chi connectivity index (χ4v) is 2.19. The maximum atomic E-state index is 12.3. The Hall–Kier alpha value is -2.56. The molecule has 2 aromatic carbocycles. The van der Waals surface area contributed by atoms with Crippen LogP contribution in [0.4, 0.5) is 0 Å². The number of rotatable bonds is 4. The van der Waals surface area contributed by atoms with Crippen molar-refractivity contribution in [1.82, 2.24) is 4.90 Å². The Balaban J connectivity index is 2.32. The molecule has 5 heteroatoms. The second-order valence-corrected chi connectivity index (χ2v) is 5.18. The molecule has 0 saturated carbocycles. The van der Waals surface area contributed by atoms with Gasteiger partial charge in [0.15, 0.2) is 6.10 Å². The standard InChI is InChI=1S/C17H19NO4/c1-11(16(19)18(2)3)22-17(20)14-9-12-7-5-6-8-13(12)10-15(14)21-4/h5-11H,1-4H3/t11-/m0/s1. The van der Waals surface area contributed by atoms with Crippen LogP contribution in [0.15, 0.2) is 36.4 Å². The molecule has 22 heavy (non-hydrogen) atoms. The van der Waals surface area contributed by atoms with E-state index in [0.717, 1.165) is 10.8 Å². The van der Waals surface area contributed by atoms with Gasteiger partial charge >= 0.3 is 5.97 Å². The van der Waals surface area contributed by atoms with Crippen molar-refractivity contribution in [3.63, 3.8) is 0 Å². The van der Waals surface area contributed by atoms with Crippen LogP contribution in [0, 0.1) is 0 Å². The highest BCUT2D eigenvalue weighted by Crippen LogP contribution is 2.26. The van der Waals surface area contributed by atoms with Gasteiger partial charge in [0, 0.05) is 14.1 Å². The van der Waals surface area contributed by atoms with Gasteiger partial charge in [0.2, 0.25) is 0 Å². The molecular formula is C17H19NO4. The minimum Gasteiger partial charge on any atom is -0.496 e. The van der Waals surface area contributed by atoms with Crippen LogP contribution in [-0.2, 0) is 9.53 Å². The highest BCUT2D eigenvalue weighted by atomic mass is 16.5. The van der Waals surface area contributed by atoms with E-state index in [2.05, 4.69) is 0 Å². The molecule has 0 fully saturated rings. The van der Waals surface area contributed by atoms with Crippen LogP contribution >= 0.6 is 0 Å². The van der Waals surface area contributed by atoms with Gasteiger partial charge in [-0.3, -0.25) is 4.79 Å². The van der Waals surface area contributed by atoms with Crippen molar-refractivity contribution in [2.75, 3.05) is 21.2 Å². The molecule has 0 spiro atoms. The number of amides is 1. The zero-order valence-corrected chi connectivity index (χ0v) is 13.1. The number of benzene rings is 2. The van der Waals surface area contributed by atoms with Crippen molar-refractivity contribution >= 4 is 22.6 Å². The Morgan fingerprint density at radius 1 is 1.09 bits per heavy atom. The number of fused-ring (bicyclic) bond motifs is 1. The molecule has 0 aromatic heterocycles. The van der Waals surface area contributed by atoms with Gasteiger partial charge in [0.1, 0.15) is 11.3 Å². The van der Waals surface area contributed by atoms with E-state index >= 15 is 0 Å². The normalized spacial score (nSPS) is 11.8. The van der Waals surface area contributed by atoms with E-state index in [1.807, 2.05) is 24.3 Å². The molecule has 0 saturated heterocycles. The fraction of sp³-hybridized carbons (Fsp3) is 0.294. The summed E-state index contributed by atoms with van der Waals surface area (Å²) in [6, 6.07) is 11.1. The zero-order chi connectivity index (χ0) is 16.3. The topological polar surface area (TPSA) is 55.8 Å². The summed E-state index contributed by atoms with van der Waals surface area (Å²) in [7, 11) is 4.72. The Kier molecular flexibility index (Phi) is 4.65. The summed E-state index contributed by atoms with van der Waals surface area (Å²) >= 11 is 0. The summed E-state index contributed by atoms with van der Waals surface area (Å²) in [4.78, 5) is 25.5. The minimum atomic E-state index is -0.848. The summed E-state index contributed by atoms with van der Waals surface area (Å²) < 4.78 is 10.5. The molecule has 116 valence electrons. The van der Waals surface area contributed by atoms with Crippen LogP contribution in [0.25, 0.3) is 10.8 Å². The first kappa shape index (κ1) is 15.8. The molecular weight excluding hydrogens is 282 g/mol. The average Bonchev–Trinajstić information content (AvgIpc) is 2.52. The first-order valence-corrected chi connectivity index (χ1v) is 6.93. The predicted molar refractivity (Wildman–Crippen MR) is 84.1 cm³/mol. The van der Waals surface area contributed by atoms with Crippen LogP contribution in [-0.4, -0.2) is 44.1 Å². The number of carbonyl (C=O) groups is 2. The Morgan fingerprint density at radius 3 is 2.23 bits per heavy atom. The van der Waals surface area contributed by atoms with Crippen molar-refractivity contribution in [2.45, 2.75) is 13.0 Å². The maximum absolute atomic E-state index is 12.3. The highest BCUT2D eigenvalue weighted by molar-refractivity contribution is 5.99. The first-order valence-electron chi connectivity index (χ1n) is 6.93. The van der Waals surface area contributed by atoms with E-state index in [1.54, 1.807) is 33.2 Å². The largest absolute Gasteiger partial charge is 0.496 e. The second-order valence-electron chi connectivity index (χ2n) is 5.18. The molecule has 5 nitrogen and oxygen atoms in total. The lowest BCUT2D eigenvalue weighted by Crippen LogP contribution is -2.34. The molecule has 2 rings (SSSR count). The summed E-state index contributed by atoms with van der Waals surface area (Å²) in [6.07, 6.45) is -0.848. The van der Waals surface area contributed by atoms with Gasteiger partial charge in [0.25, 0.3) is 5.91 Å². The molecule has 0 heterocycles. The predicted octanol–water partition coefficient (Wildman–Crippen LogP) is 2.48. The molecule has 0 aliphatic carbocycles. The molecule has 0 aliphatic heterocycles. The number of hydrogen-bond acceptors (Lipinski definition) is 4. The first-order chi connectivity index (χ1) is 10.4. The molecule has 1 amide bonds. The average molecular weight is 301 g/mol. The number of carbonyl (C=O) groups excluding carboxylic acids is 2. The molecule has 0 N–H and O–H groups in total. The minimum absolute atomic E-state index is 0.270. The van der Waals surface area contributed by atoms with E-state index in [1.165, 1.54) is 12.0 Å². The van der Waals surface area contributed by atoms with Gasteiger partial charge in [-0.15, -0.1) is 0 Å². The van der Waals surface area contributed by atoms with Crippen LogP contribution in [0.1, 0.15) is 17.3 Å². The van der Waals surface area contributed by atoms with Gasteiger partial charge in [-0.2, -0.15) is 0 Å². The van der Waals surface area contributed by atoms with E-state index in [-0.39, 0.29) is 5.91 Å². The lowest BCUT2D eigenvalue weighted by atomic mass is 10.1. The SMILES string of the molecule is COc1cc2ccccc2cc1C(=O)O[C@@H](C)C(=O)N(C)C. The van der Waals surface area contributed by atoms with Crippen molar-refractivity contribution < 1.29 is 19.1 Å². The summed E-state index contributed by atoms with van der Waals surface area (Å²) in [5.74, 6) is -0.424. The summed E-state index contributed by atoms with van der Waals surface area (Å²) in [5.41, 5.74) is 0.305. The van der Waals surface area contributed by atoms with E-state index in [9.17, 15) is 9.59 Å². The molecule has 2 aromatic rings. The van der Waals surface area contributed by atoms with Gasteiger partial charge in [-0.25, -0.2) is 4.79 Å². The Bertz CT molecular complexity index is 709. The highest BCUT2D eigenvalue weighted by Gasteiger charge is 2.22. The van der Waals surface area contributed by atoms with E-state index in [0.29, 0.717) is 11.3 Å². The van der Waals surface area contributed by atoms with Crippen LogP contribution in [0.3, 0.4) is 0 Å². The molecule has 0 radical (unpaired) electrons. The number of nitrogens with zero attached hydrogens (tertiary/aromatic N) is 1. The zero-order valence-electron chi connectivity index (χ0n) is 13.1. The summed E-state index contributed by atoms with van der Waals surface area (Å²) in [5, 5.41) is 1.87. The third kappa shape index (κ3) is 3.19. The van der Waals surface area contributed by atoms with Crippen LogP contribution < -0.4 is 4.74 Å². The number of hydrogen-bond donors (Lipinski definition) is 0. The van der Waals surface area contributed by atoms with Crippen molar-refractivity contribution in [3.8, 4) is 5.75 Å². The number of esters is 1. The van der Waals surface area contributed by atoms with Crippen LogP contribution in [0.2, 0.25) is 0 Å². The lowest BCUT2D eigenvalue weighted by Gasteiger charge is -2.18. The number of likely N-dealkylation sites (N-methyl/N-ethyl adjacent to an activating group) is 1. The van der Waals surface area contributed by atoms with E-state index in [4.69, 9.17) is 9.47 Å². The molecule has 0 bridgehead atoms. The van der Waals surface area contributed by atoms with Gasteiger partial charge in [0.05, 0.1) is 7.11 Å². The second kappa shape index (κ2) is 6.47. The molecule has 0 aliphatic rings. The Labute approximate surface area is 129 Å². The van der Waals surface area contributed by atoms with E-state index < -0.39 is 12.1 Å². The van der Waals surface area contributed by atoms with Gasteiger partial charge < -0.3 is 14.4 Å². The number of ether oxygens (including phenoxy) is 2. The third-order valence-electron chi connectivity index (χ3n) is 3.36. The number of methoxy groups -OCH3 is 1. The monoisotopic (exact) mass is 301 g/mol. The Morgan fingerprint density at radius 2 is 1.68 bits per heavy atom. The molecule has 0 unspecified atom stereocenters. The van der Waals surface area contributed by atoms with Crippen molar-refractivity contribution in [3.05, 3.63) is 42.0 Å².